The van der Waals surface area contributed by atoms with Crippen LogP contribution in [0.4, 0.5) is 5.69 Å². The minimum Gasteiger partial charge on any atom is -0.348 e. The Kier molecular flexibility index (Phi) is 7.94. The Morgan fingerprint density at radius 2 is 1.60 bits per heavy atom. The van der Waals surface area contributed by atoms with Gasteiger partial charge in [0.05, 0.1) is 16.5 Å². The predicted molar refractivity (Wildman–Crippen MR) is 124 cm³/mol. The number of amides is 2. The molecule has 0 unspecified atom stereocenters. The zero-order chi connectivity index (χ0) is 21.3. The Morgan fingerprint density at radius 3 is 2.30 bits per heavy atom. The fourth-order valence-corrected chi connectivity index (χ4v) is 3.96. The third-order valence-corrected chi connectivity index (χ3v) is 6.11. The van der Waals surface area contributed by atoms with Crippen molar-refractivity contribution in [3.8, 4) is 0 Å². The maximum Gasteiger partial charge on any atom is 0.253 e. The number of thioether (sulfide) groups is 1. The van der Waals surface area contributed by atoms with Gasteiger partial charge in [-0.2, -0.15) is 0 Å². The van der Waals surface area contributed by atoms with Gasteiger partial charge in [0, 0.05) is 16.5 Å². The van der Waals surface area contributed by atoms with Gasteiger partial charge in [-0.15, -0.1) is 11.8 Å². The van der Waals surface area contributed by atoms with Crippen molar-refractivity contribution in [2.24, 2.45) is 0 Å². The van der Waals surface area contributed by atoms with E-state index in [1.165, 1.54) is 11.8 Å². The molecule has 1 atom stereocenters. The number of hydrogen-bond donors (Lipinski definition) is 2. The van der Waals surface area contributed by atoms with Gasteiger partial charge in [0.15, 0.2) is 0 Å². The van der Waals surface area contributed by atoms with Gasteiger partial charge in [0.25, 0.3) is 5.91 Å². The molecule has 0 aromatic heterocycles. The van der Waals surface area contributed by atoms with Crippen molar-refractivity contribution >= 4 is 40.9 Å². The highest BCUT2D eigenvalue weighted by Crippen LogP contribution is 2.28. The van der Waals surface area contributed by atoms with E-state index in [2.05, 4.69) is 10.6 Å². The molecule has 3 aromatic carbocycles. The number of hydrogen-bond acceptors (Lipinski definition) is 3. The molecule has 30 heavy (non-hydrogen) atoms. The van der Waals surface area contributed by atoms with Crippen molar-refractivity contribution in [3.63, 3.8) is 0 Å². The lowest BCUT2D eigenvalue weighted by Crippen LogP contribution is -2.28. The Hall–Kier alpha value is -2.76. The topological polar surface area (TPSA) is 58.2 Å². The number of carbonyl (C=O) groups is 2. The summed E-state index contributed by atoms with van der Waals surface area (Å²) in [6, 6.07) is 24.1. The highest BCUT2D eigenvalue weighted by molar-refractivity contribution is 8.00. The number of para-hydroxylation sites is 1. The van der Waals surface area contributed by atoms with E-state index in [0.29, 0.717) is 29.2 Å². The molecule has 0 aliphatic heterocycles. The number of halogens is 1. The minimum atomic E-state index is -0.286. The minimum absolute atomic E-state index is 0.138. The van der Waals surface area contributed by atoms with Crippen LogP contribution in [-0.4, -0.2) is 17.1 Å². The quantitative estimate of drug-likeness (QED) is 0.438. The van der Waals surface area contributed by atoms with Crippen molar-refractivity contribution in [2.75, 3.05) is 5.32 Å². The average molecular weight is 439 g/mol. The summed E-state index contributed by atoms with van der Waals surface area (Å²) in [7, 11) is 0. The van der Waals surface area contributed by atoms with Crippen LogP contribution in [0.2, 0.25) is 5.02 Å². The SMILES string of the molecule is CC[C@@H](Sc1ccc(Cl)cc1)C(=O)Nc1ccccc1C(=O)NCc1ccccc1. The largest absolute Gasteiger partial charge is 0.348 e. The van der Waals surface area contributed by atoms with Gasteiger partial charge in [-0.1, -0.05) is 61.0 Å². The smallest absolute Gasteiger partial charge is 0.253 e. The number of nitrogens with one attached hydrogen (secondary N) is 2. The second-order valence-electron chi connectivity index (χ2n) is 6.67. The molecule has 4 nitrogen and oxygen atoms in total. The molecule has 2 amide bonds. The highest BCUT2D eigenvalue weighted by atomic mass is 35.5. The van der Waals surface area contributed by atoms with Gasteiger partial charge in [-0.05, 0) is 48.4 Å². The molecule has 0 bridgehead atoms. The van der Waals surface area contributed by atoms with E-state index < -0.39 is 0 Å². The maximum atomic E-state index is 12.9. The summed E-state index contributed by atoms with van der Waals surface area (Å²) in [5, 5.41) is 6.21. The third kappa shape index (κ3) is 6.12. The first-order valence-electron chi connectivity index (χ1n) is 9.71. The van der Waals surface area contributed by atoms with Crippen LogP contribution >= 0.6 is 23.4 Å². The van der Waals surface area contributed by atoms with Gasteiger partial charge < -0.3 is 10.6 Å². The van der Waals surface area contributed by atoms with E-state index in [9.17, 15) is 9.59 Å². The summed E-state index contributed by atoms with van der Waals surface area (Å²) in [4.78, 5) is 26.5. The van der Waals surface area contributed by atoms with E-state index in [-0.39, 0.29) is 17.1 Å². The molecule has 154 valence electrons. The fraction of sp³-hybridized carbons (Fsp3) is 0.167. The number of rotatable bonds is 8. The summed E-state index contributed by atoms with van der Waals surface area (Å²) in [6.07, 6.45) is 0.654. The lowest BCUT2D eigenvalue weighted by atomic mass is 10.1. The first kappa shape index (κ1) is 21.9. The molecule has 0 aliphatic carbocycles. The van der Waals surface area contributed by atoms with Crippen LogP contribution in [0.1, 0.15) is 29.3 Å². The van der Waals surface area contributed by atoms with Crippen molar-refractivity contribution in [1.29, 1.82) is 0 Å². The van der Waals surface area contributed by atoms with Crippen LogP contribution in [0.3, 0.4) is 0 Å². The fourth-order valence-electron chi connectivity index (χ4n) is 2.88. The highest BCUT2D eigenvalue weighted by Gasteiger charge is 2.20. The van der Waals surface area contributed by atoms with E-state index in [4.69, 9.17) is 11.6 Å². The van der Waals surface area contributed by atoms with Gasteiger partial charge in [-0.25, -0.2) is 0 Å². The zero-order valence-corrected chi connectivity index (χ0v) is 18.2. The van der Waals surface area contributed by atoms with Gasteiger partial charge >= 0.3 is 0 Å². The van der Waals surface area contributed by atoms with E-state index in [1.807, 2.05) is 49.4 Å². The second kappa shape index (κ2) is 10.9. The molecule has 0 aliphatic rings. The molecule has 2 N–H and O–H groups in total. The van der Waals surface area contributed by atoms with Crippen molar-refractivity contribution in [2.45, 2.75) is 30.0 Å². The Bertz CT molecular complexity index is 994. The van der Waals surface area contributed by atoms with Crippen LogP contribution in [0.15, 0.2) is 83.8 Å². The molecule has 0 fully saturated rings. The molecule has 3 aromatic rings. The van der Waals surface area contributed by atoms with Crippen LogP contribution in [0.25, 0.3) is 0 Å². The molecular weight excluding hydrogens is 416 g/mol. The first-order chi connectivity index (χ1) is 14.6. The van der Waals surface area contributed by atoms with Gasteiger partial charge in [0.2, 0.25) is 5.91 Å². The second-order valence-corrected chi connectivity index (χ2v) is 8.38. The summed E-state index contributed by atoms with van der Waals surface area (Å²) < 4.78 is 0. The van der Waals surface area contributed by atoms with E-state index in [0.717, 1.165) is 10.5 Å². The Balaban J connectivity index is 1.67. The molecule has 0 spiro atoms. The summed E-state index contributed by atoms with van der Waals surface area (Å²) in [5.41, 5.74) is 1.95. The van der Waals surface area contributed by atoms with E-state index >= 15 is 0 Å². The summed E-state index contributed by atoms with van der Waals surface area (Å²) >= 11 is 7.41. The van der Waals surface area contributed by atoms with Crippen LogP contribution in [-0.2, 0) is 11.3 Å². The lowest BCUT2D eigenvalue weighted by molar-refractivity contribution is -0.115. The first-order valence-corrected chi connectivity index (χ1v) is 11.0. The summed E-state index contributed by atoms with van der Waals surface area (Å²) in [6.45, 7) is 2.39. The standard InChI is InChI=1S/C24H23ClN2O2S/c1-2-22(30-19-14-12-18(25)13-15-19)24(29)27-21-11-7-6-10-20(21)23(28)26-16-17-8-4-3-5-9-17/h3-15,22H,2,16H2,1H3,(H,26,28)(H,27,29)/t22-/m1/s1. The molecule has 0 heterocycles. The maximum absolute atomic E-state index is 12.9. The predicted octanol–water partition coefficient (Wildman–Crippen LogP) is 5.78. The third-order valence-electron chi connectivity index (χ3n) is 4.48. The van der Waals surface area contributed by atoms with Crippen LogP contribution in [0.5, 0.6) is 0 Å². The average Bonchev–Trinajstić information content (AvgIpc) is 2.78. The van der Waals surface area contributed by atoms with Crippen LogP contribution < -0.4 is 10.6 Å². The molecule has 0 saturated heterocycles. The zero-order valence-electron chi connectivity index (χ0n) is 16.6. The Labute approximate surface area is 186 Å². The number of anilines is 1. The molecule has 6 heteroatoms. The van der Waals surface area contributed by atoms with Crippen molar-refractivity contribution < 1.29 is 9.59 Å². The Morgan fingerprint density at radius 1 is 0.933 bits per heavy atom. The molecule has 0 saturated carbocycles. The molecule has 0 radical (unpaired) electrons. The van der Waals surface area contributed by atoms with E-state index in [1.54, 1.807) is 36.4 Å². The van der Waals surface area contributed by atoms with Gasteiger partial charge in [0.1, 0.15) is 0 Å². The normalized spacial score (nSPS) is 11.5. The van der Waals surface area contributed by atoms with Crippen LogP contribution in [0, 0.1) is 0 Å². The van der Waals surface area contributed by atoms with Gasteiger partial charge in [-0.3, -0.25) is 9.59 Å². The number of carbonyl (C=O) groups excluding carboxylic acids is 2. The molecular formula is C24H23ClN2O2S. The summed E-state index contributed by atoms with van der Waals surface area (Å²) in [5.74, 6) is -0.367. The monoisotopic (exact) mass is 438 g/mol. The lowest BCUT2D eigenvalue weighted by Gasteiger charge is -2.17. The number of benzene rings is 3. The van der Waals surface area contributed by atoms with Crippen molar-refractivity contribution in [1.82, 2.24) is 5.32 Å². The van der Waals surface area contributed by atoms with Crippen molar-refractivity contribution in [3.05, 3.63) is 95.0 Å². The molecule has 3 rings (SSSR count).